The summed E-state index contributed by atoms with van der Waals surface area (Å²) >= 11 is 0. The minimum Gasteiger partial charge on any atom is -0.448 e. The van der Waals surface area contributed by atoms with E-state index in [1.54, 1.807) is 33.2 Å². The van der Waals surface area contributed by atoms with Crippen molar-refractivity contribution in [2.24, 2.45) is 7.05 Å². The maximum Gasteiger partial charge on any atom is 0.293 e. The number of aliphatic hydroxyl groups is 1. The van der Waals surface area contributed by atoms with Crippen LogP contribution in [0.4, 0.5) is 14.6 Å². The number of anilines is 1. The highest BCUT2D eigenvalue weighted by atomic mass is 19.1. The molecule has 154 valence electrons. The van der Waals surface area contributed by atoms with Crippen LogP contribution in [0.5, 0.6) is 11.5 Å². The maximum absolute atomic E-state index is 13.9. The lowest BCUT2D eigenvalue weighted by Gasteiger charge is -2.23. The van der Waals surface area contributed by atoms with Gasteiger partial charge in [-0.05, 0) is 45.4 Å². The van der Waals surface area contributed by atoms with Gasteiger partial charge in [0.25, 0.3) is 5.56 Å². The van der Waals surface area contributed by atoms with Crippen molar-refractivity contribution in [1.82, 2.24) is 9.55 Å². The zero-order chi connectivity index (χ0) is 21.3. The van der Waals surface area contributed by atoms with Crippen molar-refractivity contribution in [3.8, 4) is 11.5 Å². The van der Waals surface area contributed by atoms with Gasteiger partial charge in [-0.3, -0.25) is 4.79 Å². The molecule has 0 radical (unpaired) electrons. The molecule has 0 amide bonds. The number of hydrogen-bond donors (Lipinski definition) is 2. The van der Waals surface area contributed by atoms with Gasteiger partial charge < -0.3 is 19.7 Å². The number of rotatable bonds is 6. The number of ether oxygens (including phenoxy) is 1. The Bertz CT molecular complexity index is 1110. The van der Waals surface area contributed by atoms with E-state index in [-0.39, 0.29) is 17.5 Å². The van der Waals surface area contributed by atoms with Crippen molar-refractivity contribution in [2.75, 3.05) is 5.32 Å². The van der Waals surface area contributed by atoms with Crippen molar-refractivity contribution in [2.45, 2.75) is 38.8 Å². The molecule has 2 aromatic heterocycles. The molecule has 0 spiro atoms. The Morgan fingerprint density at radius 2 is 1.97 bits per heavy atom. The number of aromatic nitrogens is 2. The Kier molecular flexibility index (Phi) is 5.57. The number of aryl methyl sites for hydroxylation is 1. The third-order valence-electron chi connectivity index (χ3n) is 4.39. The van der Waals surface area contributed by atoms with Gasteiger partial charge in [0.2, 0.25) is 0 Å². The third-order valence-corrected chi connectivity index (χ3v) is 4.39. The fourth-order valence-corrected chi connectivity index (χ4v) is 3.22. The number of nitrogens with zero attached hydrogens (tertiary/aromatic N) is 2. The third kappa shape index (κ3) is 4.89. The Morgan fingerprint density at radius 1 is 1.24 bits per heavy atom. The van der Waals surface area contributed by atoms with E-state index in [9.17, 15) is 18.7 Å². The Labute approximate surface area is 166 Å². The number of pyridine rings is 2. The number of nitrogens with one attached hydrogen (secondary N) is 1. The maximum atomic E-state index is 13.9. The highest BCUT2D eigenvalue weighted by molar-refractivity contribution is 5.82. The van der Waals surface area contributed by atoms with Crippen LogP contribution in [-0.2, 0) is 7.05 Å². The monoisotopic (exact) mass is 403 g/mol. The summed E-state index contributed by atoms with van der Waals surface area (Å²) in [5, 5.41) is 13.8. The van der Waals surface area contributed by atoms with E-state index in [4.69, 9.17) is 4.74 Å². The SMILES string of the molecule is C[C@H](CC(C)(C)O)Nc1cc2c(cn1)cc(Oc1ccc(F)cc1F)c(=O)n2C. The minimum atomic E-state index is -0.898. The van der Waals surface area contributed by atoms with Crippen LogP contribution in [0.25, 0.3) is 10.9 Å². The van der Waals surface area contributed by atoms with Gasteiger partial charge >= 0.3 is 0 Å². The highest BCUT2D eigenvalue weighted by Gasteiger charge is 2.18. The molecule has 3 aromatic rings. The summed E-state index contributed by atoms with van der Waals surface area (Å²) in [4.78, 5) is 17.0. The normalized spacial score (nSPS) is 12.8. The van der Waals surface area contributed by atoms with E-state index in [2.05, 4.69) is 10.3 Å². The van der Waals surface area contributed by atoms with E-state index in [1.807, 2.05) is 6.92 Å². The van der Waals surface area contributed by atoms with Crippen molar-refractivity contribution in [3.05, 3.63) is 58.5 Å². The Morgan fingerprint density at radius 3 is 2.62 bits per heavy atom. The second-order valence-electron chi connectivity index (χ2n) is 7.74. The molecule has 0 aliphatic carbocycles. The summed E-state index contributed by atoms with van der Waals surface area (Å²) in [6.45, 7) is 5.39. The number of fused-ring (bicyclic) bond motifs is 1. The van der Waals surface area contributed by atoms with Crippen LogP contribution in [-0.4, -0.2) is 26.3 Å². The fraction of sp³-hybridized carbons (Fsp3) is 0.333. The summed E-state index contributed by atoms with van der Waals surface area (Å²) in [5.41, 5.74) is -0.685. The van der Waals surface area contributed by atoms with Gasteiger partial charge in [-0.15, -0.1) is 0 Å². The molecule has 0 fully saturated rings. The molecule has 0 aliphatic rings. The van der Waals surface area contributed by atoms with Gasteiger partial charge in [0.05, 0.1) is 11.1 Å². The van der Waals surface area contributed by atoms with Crippen LogP contribution < -0.4 is 15.6 Å². The largest absolute Gasteiger partial charge is 0.448 e. The minimum absolute atomic E-state index is 0.0407. The lowest BCUT2D eigenvalue weighted by molar-refractivity contribution is 0.0673. The van der Waals surface area contributed by atoms with Crippen molar-refractivity contribution < 1.29 is 18.6 Å². The molecule has 1 atom stereocenters. The average Bonchev–Trinajstić information content (AvgIpc) is 2.60. The van der Waals surface area contributed by atoms with E-state index in [0.29, 0.717) is 29.2 Å². The summed E-state index contributed by atoms with van der Waals surface area (Å²) in [5.74, 6) is -1.41. The molecule has 2 N–H and O–H groups in total. The topological polar surface area (TPSA) is 76.4 Å². The van der Waals surface area contributed by atoms with E-state index >= 15 is 0 Å². The van der Waals surface area contributed by atoms with Crippen LogP contribution in [0.1, 0.15) is 27.2 Å². The average molecular weight is 403 g/mol. The van der Waals surface area contributed by atoms with Crippen LogP contribution in [0.2, 0.25) is 0 Å². The summed E-state index contributed by atoms with van der Waals surface area (Å²) in [6.07, 6.45) is 2.09. The Hall–Kier alpha value is -3.00. The zero-order valence-electron chi connectivity index (χ0n) is 16.7. The van der Waals surface area contributed by atoms with Crippen molar-refractivity contribution >= 4 is 16.7 Å². The van der Waals surface area contributed by atoms with Crippen LogP contribution in [0.15, 0.2) is 41.3 Å². The zero-order valence-corrected chi connectivity index (χ0v) is 16.7. The molecule has 0 bridgehead atoms. The first-order valence-electron chi connectivity index (χ1n) is 9.15. The summed E-state index contributed by atoms with van der Waals surface area (Å²) in [6, 6.07) is 6.02. The molecule has 0 unspecified atom stereocenters. The molecule has 1 aromatic carbocycles. The van der Waals surface area contributed by atoms with E-state index in [1.165, 1.54) is 10.6 Å². The van der Waals surface area contributed by atoms with Crippen molar-refractivity contribution in [3.63, 3.8) is 0 Å². The second kappa shape index (κ2) is 7.79. The van der Waals surface area contributed by atoms with Gasteiger partial charge in [-0.25, -0.2) is 13.8 Å². The summed E-state index contributed by atoms with van der Waals surface area (Å²) in [7, 11) is 1.57. The van der Waals surface area contributed by atoms with Gasteiger partial charge in [-0.1, -0.05) is 0 Å². The van der Waals surface area contributed by atoms with Gasteiger partial charge in [0.1, 0.15) is 11.6 Å². The van der Waals surface area contributed by atoms with Crippen LogP contribution in [0, 0.1) is 11.6 Å². The molecule has 0 saturated heterocycles. The second-order valence-corrected chi connectivity index (χ2v) is 7.74. The predicted molar refractivity (Wildman–Crippen MR) is 107 cm³/mol. The highest BCUT2D eigenvalue weighted by Crippen LogP contribution is 2.26. The molecule has 2 heterocycles. The first kappa shape index (κ1) is 20.7. The van der Waals surface area contributed by atoms with Gasteiger partial charge in [0.15, 0.2) is 17.3 Å². The summed E-state index contributed by atoms with van der Waals surface area (Å²) < 4.78 is 33.7. The van der Waals surface area contributed by atoms with E-state index in [0.717, 1.165) is 12.1 Å². The van der Waals surface area contributed by atoms with Gasteiger partial charge in [0, 0.05) is 36.8 Å². The van der Waals surface area contributed by atoms with E-state index < -0.39 is 22.8 Å². The lowest BCUT2D eigenvalue weighted by Crippen LogP contribution is -2.29. The molecule has 29 heavy (non-hydrogen) atoms. The van der Waals surface area contributed by atoms with Gasteiger partial charge in [-0.2, -0.15) is 0 Å². The molecule has 0 saturated carbocycles. The Balaban J connectivity index is 1.92. The van der Waals surface area contributed by atoms with Crippen LogP contribution in [0.3, 0.4) is 0 Å². The fourth-order valence-electron chi connectivity index (χ4n) is 3.22. The number of halogens is 2. The molecular formula is C21H23F2N3O3. The lowest BCUT2D eigenvalue weighted by atomic mass is 10.0. The quantitative estimate of drug-likeness (QED) is 0.651. The first-order valence-corrected chi connectivity index (χ1v) is 9.15. The molecule has 0 aliphatic heterocycles. The number of hydrogen-bond acceptors (Lipinski definition) is 5. The predicted octanol–water partition coefficient (Wildman–Crippen LogP) is 3.97. The molecule has 8 heteroatoms. The molecule has 6 nitrogen and oxygen atoms in total. The molecule has 3 rings (SSSR count). The van der Waals surface area contributed by atoms with Crippen molar-refractivity contribution in [1.29, 1.82) is 0 Å². The first-order chi connectivity index (χ1) is 13.5. The molecular weight excluding hydrogens is 380 g/mol. The number of benzene rings is 1. The smallest absolute Gasteiger partial charge is 0.293 e. The van der Waals surface area contributed by atoms with Crippen LogP contribution >= 0.6 is 0 Å². The standard InChI is InChI=1S/C21H23F2N3O3/c1-12(10-21(2,3)28)25-19-9-16-13(11-24-19)7-18(20(27)26(16)4)29-17-6-5-14(22)8-15(17)23/h5-9,11-12,28H,10H2,1-4H3,(H,24,25)/t12-/m1/s1.